The summed E-state index contributed by atoms with van der Waals surface area (Å²) in [7, 11) is 0. The summed E-state index contributed by atoms with van der Waals surface area (Å²) < 4.78 is 11.9. The summed E-state index contributed by atoms with van der Waals surface area (Å²) in [4.78, 5) is 22.2. The Balaban J connectivity index is 1.37. The Morgan fingerprint density at radius 3 is 2.36 bits per heavy atom. The summed E-state index contributed by atoms with van der Waals surface area (Å²) in [6.45, 7) is 5.64. The minimum absolute atomic E-state index is 0.376. The molecule has 2 aromatic carbocycles. The molecule has 0 unspecified atom stereocenters. The Morgan fingerprint density at radius 2 is 1.75 bits per heavy atom. The van der Waals surface area contributed by atoms with Gasteiger partial charge in [-0.15, -0.1) is 0 Å². The SMILES string of the molecule is CC(C)(C)OC(=O)NC1(c2ccc(-c3oc4ncc(C5CC5)nc4c3-c3ccccc3)cc2)CCC1. The lowest BCUT2D eigenvalue weighted by Gasteiger charge is -2.43. The summed E-state index contributed by atoms with van der Waals surface area (Å²) in [5.41, 5.74) is 5.55. The van der Waals surface area contributed by atoms with Gasteiger partial charge in [-0.25, -0.2) is 14.8 Å². The number of alkyl carbamates (subject to hydrolysis) is 1. The van der Waals surface area contributed by atoms with Crippen molar-refractivity contribution in [1.29, 1.82) is 0 Å². The third-order valence-electron chi connectivity index (χ3n) is 7.13. The number of amides is 1. The molecule has 2 saturated carbocycles. The molecule has 6 nitrogen and oxygen atoms in total. The maximum Gasteiger partial charge on any atom is 0.408 e. The highest BCUT2D eigenvalue weighted by Gasteiger charge is 2.41. The molecule has 0 saturated heterocycles. The van der Waals surface area contributed by atoms with Gasteiger partial charge in [0.15, 0.2) is 0 Å². The van der Waals surface area contributed by atoms with Crippen molar-refractivity contribution in [2.24, 2.45) is 0 Å². The van der Waals surface area contributed by atoms with Gasteiger partial charge in [0.1, 0.15) is 16.9 Å². The van der Waals surface area contributed by atoms with E-state index in [1.54, 1.807) is 0 Å². The van der Waals surface area contributed by atoms with E-state index in [4.69, 9.17) is 14.1 Å². The van der Waals surface area contributed by atoms with Crippen molar-refractivity contribution in [2.45, 2.75) is 69.9 Å². The first-order valence-corrected chi connectivity index (χ1v) is 12.8. The van der Waals surface area contributed by atoms with Gasteiger partial charge in [0, 0.05) is 11.5 Å². The van der Waals surface area contributed by atoms with Gasteiger partial charge in [-0.2, -0.15) is 0 Å². The topological polar surface area (TPSA) is 77.2 Å². The van der Waals surface area contributed by atoms with Crippen molar-refractivity contribution in [2.75, 3.05) is 0 Å². The van der Waals surface area contributed by atoms with Crippen LogP contribution in [0.4, 0.5) is 4.79 Å². The normalized spacial score (nSPS) is 17.0. The maximum absolute atomic E-state index is 12.5. The summed E-state index contributed by atoms with van der Waals surface area (Å²) in [5.74, 6) is 1.28. The average Bonchev–Trinajstić information content (AvgIpc) is 3.61. The second-order valence-corrected chi connectivity index (χ2v) is 11.0. The van der Waals surface area contributed by atoms with Crippen molar-refractivity contribution in [3.05, 3.63) is 72.1 Å². The molecule has 0 bridgehead atoms. The predicted octanol–water partition coefficient (Wildman–Crippen LogP) is 7.34. The molecule has 1 amide bonds. The van der Waals surface area contributed by atoms with Gasteiger partial charge in [-0.3, -0.25) is 0 Å². The summed E-state index contributed by atoms with van der Waals surface area (Å²) >= 11 is 0. The highest BCUT2D eigenvalue weighted by Crippen LogP contribution is 2.45. The molecule has 6 rings (SSSR count). The molecule has 2 fully saturated rings. The predicted molar refractivity (Wildman–Crippen MR) is 140 cm³/mol. The number of benzene rings is 2. The zero-order valence-corrected chi connectivity index (χ0v) is 21.0. The van der Waals surface area contributed by atoms with E-state index in [1.165, 1.54) is 12.8 Å². The molecule has 1 N–H and O–H groups in total. The number of fused-ring (bicyclic) bond motifs is 1. The first kappa shape index (κ1) is 22.8. The second kappa shape index (κ2) is 8.47. The molecule has 0 atom stereocenters. The molecule has 0 aliphatic heterocycles. The van der Waals surface area contributed by atoms with E-state index in [0.717, 1.165) is 58.5 Å². The van der Waals surface area contributed by atoms with E-state index in [0.29, 0.717) is 11.6 Å². The quantitative estimate of drug-likeness (QED) is 0.323. The van der Waals surface area contributed by atoms with Gasteiger partial charge in [-0.1, -0.05) is 54.6 Å². The van der Waals surface area contributed by atoms with Crippen LogP contribution in [0.15, 0.2) is 65.2 Å². The zero-order valence-electron chi connectivity index (χ0n) is 21.0. The fourth-order valence-corrected chi connectivity index (χ4v) is 4.99. The van der Waals surface area contributed by atoms with E-state index in [1.807, 2.05) is 45.2 Å². The Bertz CT molecular complexity index is 1410. The Kier molecular flexibility index (Phi) is 5.36. The number of nitrogens with one attached hydrogen (secondary N) is 1. The molecule has 6 heteroatoms. The highest BCUT2D eigenvalue weighted by atomic mass is 16.6. The number of nitrogens with zero attached hydrogens (tertiary/aromatic N) is 2. The minimum Gasteiger partial charge on any atom is -0.444 e. The lowest BCUT2D eigenvalue weighted by atomic mass is 9.71. The number of aromatic nitrogens is 2. The zero-order chi connectivity index (χ0) is 24.9. The van der Waals surface area contributed by atoms with Crippen LogP contribution in [0.2, 0.25) is 0 Å². The highest BCUT2D eigenvalue weighted by molar-refractivity contribution is 5.98. The Morgan fingerprint density at radius 1 is 1.03 bits per heavy atom. The first-order chi connectivity index (χ1) is 17.3. The van der Waals surface area contributed by atoms with Gasteiger partial charge in [0.05, 0.1) is 23.0 Å². The molecule has 2 aliphatic rings. The molecular formula is C30H31N3O3. The van der Waals surface area contributed by atoms with Gasteiger partial charge in [0.25, 0.3) is 0 Å². The van der Waals surface area contributed by atoms with Crippen LogP contribution in [0.25, 0.3) is 33.7 Å². The lowest BCUT2D eigenvalue weighted by molar-refractivity contribution is 0.0377. The van der Waals surface area contributed by atoms with Gasteiger partial charge >= 0.3 is 6.09 Å². The molecular weight excluding hydrogens is 450 g/mol. The van der Waals surface area contributed by atoms with Gasteiger partial charge < -0.3 is 14.5 Å². The number of hydrogen-bond acceptors (Lipinski definition) is 5. The van der Waals surface area contributed by atoms with Crippen LogP contribution in [-0.2, 0) is 10.3 Å². The first-order valence-electron chi connectivity index (χ1n) is 12.8. The Labute approximate surface area is 211 Å². The van der Waals surface area contributed by atoms with Crippen molar-refractivity contribution in [3.63, 3.8) is 0 Å². The van der Waals surface area contributed by atoms with Crippen molar-refractivity contribution >= 4 is 17.3 Å². The van der Waals surface area contributed by atoms with Crippen LogP contribution in [0.5, 0.6) is 0 Å². The van der Waals surface area contributed by atoms with Crippen LogP contribution in [-0.4, -0.2) is 21.7 Å². The van der Waals surface area contributed by atoms with Crippen molar-refractivity contribution in [1.82, 2.24) is 15.3 Å². The van der Waals surface area contributed by atoms with Crippen LogP contribution in [0.1, 0.15) is 70.1 Å². The number of carbonyl (C=O) groups excluding carboxylic acids is 1. The second-order valence-electron chi connectivity index (χ2n) is 11.0. The minimum atomic E-state index is -0.532. The van der Waals surface area contributed by atoms with E-state index in [9.17, 15) is 4.79 Å². The van der Waals surface area contributed by atoms with E-state index < -0.39 is 5.60 Å². The van der Waals surface area contributed by atoms with Crippen LogP contribution >= 0.6 is 0 Å². The number of carbonyl (C=O) groups is 1. The molecule has 184 valence electrons. The van der Waals surface area contributed by atoms with Crippen LogP contribution in [0, 0.1) is 0 Å². The summed E-state index contributed by atoms with van der Waals surface area (Å²) in [6.07, 6.45) is 6.68. The fourth-order valence-electron chi connectivity index (χ4n) is 4.99. The smallest absolute Gasteiger partial charge is 0.408 e. The maximum atomic E-state index is 12.5. The summed E-state index contributed by atoms with van der Waals surface area (Å²) in [6, 6.07) is 18.6. The standard InChI is InChI=1S/C30H31N3O3/c1-29(2,3)36-28(34)33-30(16-7-17-30)22-14-12-21(13-15-22)26-24(20-8-5-4-6-9-20)25-27(35-26)31-18-23(32-25)19-10-11-19/h4-6,8-9,12-15,18-19H,7,10-11,16-17H2,1-3H3,(H,33,34). The number of ether oxygens (including phenoxy) is 1. The monoisotopic (exact) mass is 481 g/mol. The molecule has 0 spiro atoms. The van der Waals surface area contributed by atoms with Crippen molar-refractivity contribution in [3.8, 4) is 22.5 Å². The largest absolute Gasteiger partial charge is 0.444 e. The third kappa shape index (κ3) is 4.25. The Hall–Kier alpha value is -3.67. The molecule has 36 heavy (non-hydrogen) atoms. The lowest BCUT2D eigenvalue weighted by Crippen LogP contribution is -2.52. The molecule has 4 aromatic rings. The third-order valence-corrected chi connectivity index (χ3v) is 7.13. The van der Waals surface area contributed by atoms with E-state index in [-0.39, 0.29) is 11.6 Å². The molecule has 2 heterocycles. The number of rotatable bonds is 5. The fraction of sp³-hybridized carbons (Fsp3) is 0.367. The van der Waals surface area contributed by atoms with Crippen LogP contribution in [0.3, 0.4) is 0 Å². The van der Waals surface area contributed by atoms with Gasteiger partial charge in [-0.05, 0) is 64.0 Å². The number of hydrogen-bond donors (Lipinski definition) is 1. The van der Waals surface area contributed by atoms with Crippen LogP contribution < -0.4 is 5.32 Å². The number of furan rings is 1. The van der Waals surface area contributed by atoms with Gasteiger partial charge in [0.2, 0.25) is 5.71 Å². The van der Waals surface area contributed by atoms with E-state index >= 15 is 0 Å². The molecule has 2 aromatic heterocycles. The molecule has 2 aliphatic carbocycles. The molecule has 0 radical (unpaired) electrons. The summed E-state index contributed by atoms with van der Waals surface area (Å²) in [5, 5.41) is 3.14. The van der Waals surface area contributed by atoms with E-state index in [2.05, 4.69) is 46.7 Å². The van der Waals surface area contributed by atoms with Crippen molar-refractivity contribution < 1.29 is 13.9 Å². The average molecular weight is 482 g/mol.